The van der Waals surface area contributed by atoms with E-state index in [1.54, 1.807) is 0 Å². The monoisotopic (exact) mass is 724 g/mol. The zero-order valence-electron chi connectivity index (χ0n) is 30.8. The molecule has 9 aromatic carbocycles. The van der Waals surface area contributed by atoms with Crippen molar-refractivity contribution < 1.29 is 0 Å². The van der Waals surface area contributed by atoms with E-state index in [2.05, 4.69) is 174 Å². The van der Waals surface area contributed by atoms with Gasteiger partial charge in [0.2, 0.25) is 0 Å². The van der Waals surface area contributed by atoms with E-state index in [9.17, 15) is 0 Å². The van der Waals surface area contributed by atoms with Gasteiger partial charge in [-0.25, -0.2) is 15.0 Å². The van der Waals surface area contributed by atoms with Gasteiger partial charge in [-0.05, 0) is 73.8 Å². The molecule has 0 spiro atoms. The van der Waals surface area contributed by atoms with Crippen LogP contribution < -0.4 is 0 Å². The van der Waals surface area contributed by atoms with Gasteiger partial charge >= 0.3 is 0 Å². The van der Waals surface area contributed by atoms with Crippen LogP contribution in [0.3, 0.4) is 0 Å². The Labute approximate surface area is 329 Å². The molecule has 1 aliphatic carbocycles. The fourth-order valence-electron chi connectivity index (χ4n) is 9.06. The molecule has 0 saturated carbocycles. The number of fused-ring (bicyclic) bond motifs is 4. The summed E-state index contributed by atoms with van der Waals surface area (Å²) in [6.07, 6.45) is 0. The van der Waals surface area contributed by atoms with Gasteiger partial charge in [0.25, 0.3) is 0 Å². The van der Waals surface area contributed by atoms with E-state index in [4.69, 9.17) is 15.0 Å². The van der Waals surface area contributed by atoms with Gasteiger partial charge in [0.15, 0.2) is 17.5 Å². The van der Waals surface area contributed by atoms with Gasteiger partial charge in [-0.2, -0.15) is 0 Å². The molecule has 2 heterocycles. The van der Waals surface area contributed by atoms with E-state index < -0.39 is 0 Å². The highest BCUT2D eigenvalue weighted by Crippen LogP contribution is 2.50. The van der Waals surface area contributed by atoms with E-state index in [1.807, 2.05) is 24.3 Å². The fraction of sp³-hybridized carbons (Fsp3) is 0. The molecule has 0 bridgehead atoms. The molecule has 0 N–H and O–H groups in total. The van der Waals surface area contributed by atoms with Crippen molar-refractivity contribution in [3.05, 3.63) is 194 Å². The molecule has 0 saturated heterocycles. The molecular weight excluding hydrogens is 693 g/mol. The smallest absolute Gasteiger partial charge is 0.166 e. The molecule has 0 amide bonds. The van der Waals surface area contributed by atoms with Crippen LogP contribution in [0.2, 0.25) is 0 Å². The average Bonchev–Trinajstić information content (AvgIpc) is 3.56. The topological polar surface area (TPSA) is 43.6 Å². The number of rotatable bonds is 5. The second kappa shape index (κ2) is 12.4. The molecule has 57 heavy (non-hydrogen) atoms. The third kappa shape index (κ3) is 4.84. The van der Waals surface area contributed by atoms with Gasteiger partial charge in [-0.3, -0.25) is 0 Å². The number of hydrogen-bond acceptors (Lipinski definition) is 3. The first kappa shape index (κ1) is 31.6. The van der Waals surface area contributed by atoms with Crippen LogP contribution >= 0.6 is 0 Å². The van der Waals surface area contributed by atoms with Crippen molar-refractivity contribution in [3.8, 4) is 73.2 Å². The Balaban J connectivity index is 1.19. The first-order valence-electron chi connectivity index (χ1n) is 19.4. The summed E-state index contributed by atoms with van der Waals surface area (Å²) in [6, 6.07) is 69.1. The third-order valence-corrected chi connectivity index (χ3v) is 11.6. The van der Waals surface area contributed by atoms with Crippen LogP contribution in [-0.4, -0.2) is 19.5 Å². The molecule has 11 aromatic rings. The molecule has 12 rings (SSSR count). The standard InChI is InChI=1S/C53H32N4/c1-3-14-33(15-4-1)37-20-11-21-38(32-37)52-54-51(36-17-5-2-6-18-36)55-53(56-52)44-30-28-34-16-7-8-22-39(34)50(44)57-45-27-13-26-43-41-24-10-9-23-40(41)42-25-12-19-35-29-31-46(57)49(47(35)42)48(43)45/h1-32H. The lowest BCUT2D eigenvalue weighted by Crippen LogP contribution is -2.04. The van der Waals surface area contributed by atoms with Crippen molar-refractivity contribution in [3.63, 3.8) is 0 Å². The Morgan fingerprint density at radius 2 is 0.842 bits per heavy atom. The molecule has 4 heteroatoms. The average molecular weight is 725 g/mol. The zero-order valence-corrected chi connectivity index (χ0v) is 30.8. The predicted octanol–water partition coefficient (Wildman–Crippen LogP) is 13.6. The van der Waals surface area contributed by atoms with Crippen LogP contribution in [0.1, 0.15) is 0 Å². The summed E-state index contributed by atoms with van der Waals surface area (Å²) in [5.41, 5.74) is 13.4. The van der Waals surface area contributed by atoms with Crippen LogP contribution in [0.15, 0.2) is 194 Å². The van der Waals surface area contributed by atoms with Gasteiger partial charge in [0, 0.05) is 32.8 Å². The maximum atomic E-state index is 5.36. The number of nitrogens with zero attached hydrogens (tertiary/aromatic N) is 4. The minimum Gasteiger partial charge on any atom is -0.308 e. The summed E-state index contributed by atoms with van der Waals surface area (Å²) in [6.45, 7) is 0. The minimum absolute atomic E-state index is 0.620. The SMILES string of the molecule is c1ccc(-c2cccc(-c3nc(-c4ccccc4)nc(-c4ccc5ccccc5c4-n4c5cccc6c5c5c7c(cccc7ccc54)-c4ccccc4-6)n3)c2)cc1. The molecule has 0 aliphatic heterocycles. The van der Waals surface area contributed by atoms with Crippen molar-refractivity contribution in [2.45, 2.75) is 0 Å². The molecule has 0 fully saturated rings. The highest BCUT2D eigenvalue weighted by molar-refractivity contribution is 6.30. The second-order valence-corrected chi connectivity index (χ2v) is 14.7. The van der Waals surface area contributed by atoms with Gasteiger partial charge in [-0.1, -0.05) is 170 Å². The van der Waals surface area contributed by atoms with E-state index >= 15 is 0 Å². The van der Waals surface area contributed by atoms with Crippen molar-refractivity contribution >= 4 is 43.4 Å². The predicted molar refractivity (Wildman–Crippen MR) is 235 cm³/mol. The molecule has 0 unspecified atom stereocenters. The second-order valence-electron chi connectivity index (χ2n) is 14.7. The molecule has 2 aromatic heterocycles. The van der Waals surface area contributed by atoms with E-state index in [-0.39, 0.29) is 0 Å². The third-order valence-electron chi connectivity index (χ3n) is 11.6. The summed E-state index contributed by atoms with van der Waals surface area (Å²) >= 11 is 0. The minimum atomic E-state index is 0.620. The number of hydrogen-bond donors (Lipinski definition) is 0. The van der Waals surface area contributed by atoms with Gasteiger partial charge < -0.3 is 4.57 Å². The van der Waals surface area contributed by atoms with E-state index in [1.165, 1.54) is 43.8 Å². The molecular formula is C53H32N4. The van der Waals surface area contributed by atoms with E-state index in [0.29, 0.717) is 17.5 Å². The maximum absolute atomic E-state index is 5.36. The molecule has 0 atom stereocenters. The summed E-state index contributed by atoms with van der Waals surface area (Å²) in [5, 5.41) is 7.31. The maximum Gasteiger partial charge on any atom is 0.166 e. The van der Waals surface area contributed by atoms with Crippen molar-refractivity contribution in [2.24, 2.45) is 0 Å². The summed E-state index contributed by atoms with van der Waals surface area (Å²) in [7, 11) is 0. The Morgan fingerprint density at radius 1 is 0.298 bits per heavy atom. The summed E-state index contributed by atoms with van der Waals surface area (Å²) in [5.74, 6) is 1.88. The lowest BCUT2D eigenvalue weighted by molar-refractivity contribution is 1.07. The van der Waals surface area contributed by atoms with Crippen LogP contribution in [-0.2, 0) is 0 Å². The first-order chi connectivity index (χ1) is 28.3. The van der Waals surface area contributed by atoms with E-state index in [0.717, 1.165) is 55.3 Å². The van der Waals surface area contributed by atoms with Crippen molar-refractivity contribution in [1.82, 2.24) is 19.5 Å². The first-order valence-corrected chi connectivity index (χ1v) is 19.4. The highest BCUT2D eigenvalue weighted by atomic mass is 15.1. The van der Waals surface area contributed by atoms with Crippen molar-refractivity contribution in [1.29, 1.82) is 0 Å². The molecule has 264 valence electrons. The number of benzene rings is 9. The fourth-order valence-corrected chi connectivity index (χ4v) is 9.06. The number of aromatic nitrogens is 4. The van der Waals surface area contributed by atoms with Crippen LogP contribution in [0.25, 0.3) is 117 Å². The van der Waals surface area contributed by atoms with Gasteiger partial charge in [-0.15, -0.1) is 0 Å². The quantitative estimate of drug-likeness (QED) is 0.177. The van der Waals surface area contributed by atoms with Crippen LogP contribution in [0.5, 0.6) is 0 Å². The molecule has 1 aliphatic rings. The Hall–Kier alpha value is -7.69. The Kier molecular flexibility index (Phi) is 6.89. The normalized spacial score (nSPS) is 11.9. The Morgan fingerprint density at radius 3 is 1.65 bits per heavy atom. The zero-order chi connectivity index (χ0) is 37.5. The van der Waals surface area contributed by atoms with Crippen molar-refractivity contribution in [2.75, 3.05) is 0 Å². The molecule has 4 nitrogen and oxygen atoms in total. The van der Waals surface area contributed by atoms with Gasteiger partial charge in [0.1, 0.15) is 0 Å². The van der Waals surface area contributed by atoms with Crippen LogP contribution in [0, 0.1) is 0 Å². The lowest BCUT2D eigenvalue weighted by atomic mass is 9.93. The molecule has 0 radical (unpaired) electrons. The van der Waals surface area contributed by atoms with Crippen LogP contribution in [0.4, 0.5) is 0 Å². The summed E-state index contributed by atoms with van der Waals surface area (Å²) in [4.78, 5) is 15.8. The largest absolute Gasteiger partial charge is 0.308 e. The highest BCUT2D eigenvalue weighted by Gasteiger charge is 2.27. The Bertz CT molecular complexity index is 3400. The summed E-state index contributed by atoms with van der Waals surface area (Å²) < 4.78 is 2.47. The van der Waals surface area contributed by atoms with Gasteiger partial charge in [0.05, 0.1) is 16.7 Å². The lowest BCUT2D eigenvalue weighted by Gasteiger charge is -2.18.